The normalized spacial score (nSPS) is 14.9. The summed E-state index contributed by atoms with van der Waals surface area (Å²) in [6.45, 7) is 2.08. The van der Waals surface area contributed by atoms with E-state index in [0.717, 1.165) is 5.56 Å². The highest BCUT2D eigenvalue weighted by atomic mass is 32.1. The third kappa shape index (κ3) is 6.90. The molecule has 0 radical (unpaired) electrons. The van der Waals surface area contributed by atoms with Crippen molar-refractivity contribution >= 4 is 24.5 Å². The number of nitrogens with zero attached hydrogens (tertiary/aromatic N) is 1. The van der Waals surface area contributed by atoms with Gasteiger partial charge in [-0.25, -0.2) is 4.79 Å². The lowest BCUT2D eigenvalue weighted by Gasteiger charge is -2.28. The Hall–Kier alpha value is -1.57. The second-order valence-corrected chi connectivity index (χ2v) is 6.30. The highest BCUT2D eigenvalue weighted by Gasteiger charge is 2.27. The topological polar surface area (TPSA) is 78.9 Å². The van der Waals surface area contributed by atoms with Crippen LogP contribution in [0, 0.1) is 5.92 Å². The van der Waals surface area contributed by atoms with Crippen molar-refractivity contribution in [3.8, 4) is 0 Å². The molecule has 0 saturated carbocycles. The summed E-state index contributed by atoms with van der Waals surface area (Å²) in [7, 11) is 3.62. The number of benzene rings is 1. The number of nitrogens with one attached hydrogen (secondary N) is 1. The van der Waals surface area contributed by atoms with Crippen LogP contribution in [0.25, 0.3) is 0 Å². The van der Waals surface area contributed by atoms with Crippen LogP contribution in [0.15, 0.2) is 30.3 Å². The van der Waals surface area contributed by atoms with Crippen LogP contribution in [-0.4, -0.2) is 54.0 Å². The second kappa shape index (κ2) is 10.3. The van der Waals surface area contributed by atoms with Gasteiger partial charge in [-0.15, -0.1) is 0 Å². The summed E-state index contributed by atoms with van der Waals surface area (Å²) in [6, 6.07) is 8.63. The summed E-state index contributed by atoms with van der Waals surface area (Å²) in [5.74, 6) is -1.39. The fourth-order valence-electron chi connectivity index (χ4n) is 2.01. The number of rotatable bonds is 10. The molecule has 0 saturated heterocycles. The van der Waals surface area contributed by atoms with E-state index in [2.05, 4.69) is 17.9 Å². The molecule has 6 nitrogen and oxygen atoms in total. The number of carboxylic acids is 1. The molecule has 3 unspecified atom stereocenters. The van der Waals surface area contributed by atoms with Crippen molar-refractivity contribution in [1.82, 2.24) is 10.2 Å². The van der Waals surface area contributed by atoms with E-state index in [4.69, 9.17) is 4.74 Å². The Labute approximate surface area is 148 Å². The Kier molecular flexibility index (Phi) is 8.81. The molecule has 2 N–H and O–H groups in total. The minimum atomic E-state index is -1.08. The van der Waals surface area contributed by atoms with Gasteiger partial charge in [0.15, 0.2) is 0 Å². The average Bonchev–Trinajstić information content (AvgIpc) is 2.56. The Morgan fingerprint density at radius 1 is 1.29 bits per heavy atom. The van der Waals surface area contributed by atoms with Crippen LogP contribution in [-0.2, 0) is 20.9 Å². The largest absolute Gasteiger partial charge is 0.480 e. The number of ether oxygens (including phenoxy) is 1. The van der Waals surface area contributed by atoms with E-state index >= 15 is 0 Å². The van der Waals surface area contributed by atoms with Gasteiger partial charge in [0.2, 0.25) is 5.91 Å². The maximum Gasteiger partial charge on any atom is 0.326 e. The lowest BCUT2D eigenvalue weighted by atomic mass is 10.1. The molecule has 24 heavy (non-hydrogen) atoms. The van der Waals surface area contributed by atoms with Crippen LogP contribution >= 0.6 is 12.6 Å². The fourth-order valence-corrected chi connectivity index (χ4v) is 2.18. The van der Waals surface area contributed by atoms with E-state index in [1.807, 2.05) is 44.4 Å². The fraction of sp³-hybridized carbons (Fsp3) is 0.529. The van der Waals surface area contributed by atoms with Crippen LogP contribution < -0.4 is 5.32 Å². The summed E-state index contributed by atoms with van der Waals surface area (Å²) >= 11 is 4.06. The number of carboxylic acid groups (broad SMARTS) is 1. The summed E-state index contributed by atoms with van der Waals surface area (Å²) < 4.78 is 5.83. The van der Waals surface area contributed by atoms with Crippen molar-refractivity contribution in [2.24, 2.45) is 5.92 Å². The molecule has 134 valence electrons. The van der Waals surface area contributed by atoms with Crippen molar-refractivity contribution in [2.75, 3.05) is 19.8 Å². The zero-order valence-corrected chi connectivity index (χ0v) is 15.2. The van der Waals surface area contributed by atoms with Gasteiger partial charge >= 0.3 is 5.97 Å². The molecule has 1 rings (SSSR count). The molecule has 0 spiro atoms. The number of carbonyl (C=O) groups is 2. The van der Waals surface area contributed by atoms with Crippen LogP contribution in [0.4, 0.5) is 0 Å². The monoisotopic (exact) mass is 354 g/mol. The van der Waals surface area contributed by atoms with Crippen LogP contribution in [0.5, 0.6) is 0 Å². The first kappa shape index (κ1) is 20.5. The van der Waals surface area contributed by atoms with Crippen molar-refractivity contribution < 1.29 is 19.4 Å². The van der Waals surface area contributed by atoms with Crippen molar-refractivity contribution in [3.05, 3.63) is 35.9 Å². The lowest BCUT2D eigenvalue weighted by Crippen LogP contribution is -2.47. The lowest BCUT2D eigenvalue weighted by molar-refractivity contribution is -0.145. The Bertz CT molecular complexity index is 525. The zero-order chi connectivity index (χ0) is 18.1. The highest BCUT2D eigenvalue weighted by molar-refractivity contribution is 7.80. The van der Waals surface area contributed by atoms with Crippen molar-refractivity contribution in [3.63, 3.8) is 0 Å². The van der Waals surface area contributed by atoms with Gasteiger partial charge in [-0.1, -0.05) is 37.3 Å². The number of thiol groups is 1. The van der Waals surface area contributed by atoms with Gasteiger partial charge < -0.3 is 15.2 Å². The standard InChI is InChI=1S/C17H26N2O4S/c1-12(11-24)16(20)18-14(17(21)22)9-15(19(2)3)23-10-13-7-5-4-6-8-13/h4-8,12,14-15,24H,9-11H2,1-3H3,(H,18,20)(H,21,22). The van der Waals surface area contributed by atoms with Gasteiger partial charge in [-0.2, -0.15) is 12.6 Å². The summed E-state index contributed by atoms with van der Waals surface area (Å²) in [6.07, 6.45) is -0.280. The number of aliphatic carboxylic acids is 1. The molecular formula is C17H26N2O4S. The minimum absolute atomic E-state index is 0.153. The molecule has 0 fully saturated rings. The SMILES string of the molecule is CC(CS)C(=O)NC(CC(OCc1ccccc1)N(C)C)C(=O)O. The second-order valence-electron chi connectivity index (χ2n) is 5.93. The molecule has 3 atom stereocenters. The smallest absolute Gasteiger partial charge is 0.326 e. The first-order chi connectivity index (χ1) is 11.3. The Balaban J connectivity index is 2.68. The third-order valence-electron chi connectivity index (χ3n) is 3.63. The van der Waals surface area contributed by atoms with Crippen LogP contribution in [0.1, 0.15) is 18.9 Å². The van der Waals surface area contributed by atoms with E-state index in [1.165, 1.54) is 0 Å². The van der Waals surface area contributed by atoms with E-state index in [1.54, 1.807) is 11.8 Å². The summed E-state index contributed by atoms with van der Waals surface area (Å²) in [4.78, 5) is 25.2. The van der Waals surface area contributed by atoms with E-state index < -0.39 is 18.2 Å². The molecule has 0 aliphatic heterocycles. The number of carbonyl (C=O) groups excluding carboxylic acids is 1. The highest BCUT2D eigenvalue weighted by Crippen LogP contribution is 2.11. The van der Waals surface area contributed by atoms with Gasteiger partial charge in [0, 0.05) is 18.1 Å². The molecular weight excluding hydrogens is 328 g/mol. The summed E-state index contributed by atoms with van der Waals surface area (Å²) in [5.41, 5.74) is 1.00. The van der Waals surface area contributed by atoms with Crippen LogP contribution in [0.3, 0.4) is 0 Å². The van der Waals surface area contributed by atoms with Gasteiger partial charge in [-0.05, 0) is 19.7 Å². The van der Waals surface area contributed by atoms with Gasteiger partial charge in [0.1, 0.15) is 12.3 Å². The zero-order valence-electron chi connectivity index (χ0n) is 14.3. The first-order valence-electron chi connectivity index (χ1n) is 7.81. The maximum atomic E-state index is 11.9. The Morgan fingerprint density at radius 2 is 1.92 bits per heavy atom. The van der Waals surface area contributed by atoms with E-state index in [9.17, 15) is 14.7 Å². The van der Waals surface area contributed by atoms with Crippen LogP contribution in [0.2, 0.25) is 0 Å². The molecule has 0 aromatic heterocycles. The molecule has 1 aromatic carbocycles. The molecule has 0 heterocycles. The molecule has 0 aliphatic carbocycles. The predicted molar refractivity (Wildman–Crippen MR) is 95.9 cm³/mol. The molecule has 1 aromatic rings. The molecule has 0 aliphatic rings. The predicted octanol–water partition coefficient (Wildman–Crippen LogP) is 1.62. The van der Waals surface area contributed by atoms with E-state index in [0.29, 0.717) is 12.4 Å². The molecule has 7 heteroatoms. The quantitative estimate of drug-likeness (QED) is 0.440. The maximum absolute atomic E-state index is 11.9. The van der Waals surface area contributed by atoms with Gasteiger partial charge in [0.05, 0.1) is 6.61 Å². The third-order valence-corrected chi connectivity index (χ3v) is 4.18. The number of hydrogen-bond donors (Lipinski definition) is 3. The molecule has 1 amide bonds. The van der Waals surface area contributed by atoms with Gasteiger partial charge in [-0.3, -0.25) is 9.69 Å². The van der Waals surface area contributed by atoms with Gasteiger partial charge in [0.25, 0.3) is 0 Å². The van der Waals surface area contributed by atoms with E-state index in [-0.39, 0.29) is 18.2 Å². The minimum Gasteiger partial charge on any atom is -0.480 e. The summed E-state index contributed by atoms with van der Waals surface area (Å²) in [5, 5.41) is 11.9. The van der Waals surface area contributed by atoms with Crippen molar-refractivity contribution in [2.45, 2.75) is 32.2 Å². The molecule has 0 bridgehead atoms. The Morgan fingerprint density at radius 3 is 2.42 bits per heavy atom. The van der Waals surface area contributed by atoms with Crippen molar-refractivity contribution in [1.29, 1.82) is 0 Å². The first-order valence-corrected chi connectivity index (χ1v) is 8.44. The average molecular weight is 354 g/mol. The number of hydrogen-bond acceptors (Lipinski definition) is 5. The number of amides is 1.